The highest BCUT2D eigenvalue weighted by Gasteiger charge is 2.21. The van der Waals surface area contributed by atoms with Crippen molar-refractivity contribution in [2.24, 2.45) is 5.92 Å². The van der Waals surface area contributed by atoms with Gasteiger partial charge in [0.25, 0.3) is 5.91 Å². The van der Waals surface area contributed by atoms with Crippen molar-refractivity contribution in [1.29, 1.82) is 0 Å². The lowest BCUT2D eigenvalue weighted by Crippen LogP contribution is -2.40. The predicted molar refractivity (Wildman–Crippen MR) is 93.3 cm³/mol. The van der Waals surface area contributed by atoms with Crippen molar-refractivity contribution in [2.75, 3.05) is 7.11 Å². The number of nitrogens with one attached hydrogen (secondary N) is 1. The first-order chi connectivity index (χ1) is 10.8. The van der Waals surface area contributed by atoms with E-state index in [4.69, 9.17) is 27.9 Å². The second-order valence-electron chi connectivity index (χ2n) is 5.76. The van der Waals surface area contributed by atoms with Crippen LogP contribution in [0.1, 0.15) is 44.0 Å². The zero-order chi connectivity index (χ0) is 17.6. The highest BCUT2D eigenvalue weighted by atomic mass is 35.5. The van der Waals surface area contributed by atoms with E-state index in [1.807, 2.05) is 6.92 Å². The van der Waals surface area contributed by atoms with E-state index in [1.54, 1.807) is 19.2 Å². The van der Waals surface area contributed by atoms with Gasteiger partial charge in [0, 0.05) is 12.7 Å². The molecule has 23 heavy (non-hydrogen) atoms. The molecule has 6 heteroatoms. The molecule has 0 spiro atoms. The number of hydrogen-bond acceptors (Lipinski definition) is 3. The van der Waals surface area contributed by atoms with Crippen LogP contribution in [0, 0.1) is 5.92 Å². The Morgan fingerprint density at radius 2 is 1.83 bits per heavy atom. The average Bonchev–Trinajstić information content (AvgIpc) is 2.52. The summed E-state index contributed by atoms with van der Waals surface area (Å²) in [6, 6.07) is 4.11. The maximum Gasteiger partial charge on any atom is 0.251 e. The summed E-state index contributed by atoms with van der Waals surface area (Å²) in [6.45, 7) is 5.53. The van der Waals surface area contributed by atoms with Gasteiger partial charge in [-0.15, -0.1) is 0 Å². The van der Waals surface area contributed by atoms with E-state index in [9.17, 15) is 9.59 Å². The maximum absolute atomic E-state index is 12.3. The first-order valence-electron chi connectivity index (χ1n) is 7.55. The van der Waals surface area contributed by atoms with Gasteiger partial charge in [-0.25, -0.2) is 0 Å². The van der Waals surface area contributed by atoms with Crippen LogP contribution in [0.4, 0.5) is 0 Å². The van der Waals surface area contributed by atoms with E-state index >= 15 is 0 Å². The van der Waals surface area contributed by atoms with Crippen LogP contribution in [0.2, 0.25) is 10.0 Å². The highest BCUT2D eigenvalue weighted by molar-refractivity contribution is 6.42. The van der Waals surface area contributed by atoms with E-state index in [1.165, 1.54) is 13.0 Å². The SMILES string of the molecule is COC(C)C(C)CCC(NC(=O)c1ccc(Cl)c(Cl)c1)C(C)=O. The van der Waals surface area contributed by atoms with Crippen LogP contribution in [0.25, 0.3) is 0 Å². The van der Waals surface area contributed by atoms with Crippen molar-refractivity contribution >= 4 is 34.9 Å². The third-order valence-corrected chi connectivity index (χ3v) is 4.80. The summed E-state index contributed by atoms with van der Waals surface area (Å²) in [4.78, 5) is 24.1. The number of ketones is 1. The smallest absolute Gasteiger partial charge is 0.251 e. The van der Waals surface area contributed by atoms with Gasteiger partial charge in [-0.3, -0.25) is 9.59 Å². The fourth-order valence-electron chi connectivity index (χ4n) is 2.15. The number of benzene rings is 1. The zero-order valence-corrected chi connectivity index (χ0v) is 15.4. The van der Waals surface area contributed by atoms with Gasteiger partial charge < -0.3 is 10.1 Å². The molecule has 0 aliphatic carbocycles. The first-order valence-corrected chi connectivity index (χ1v) is 8.31. The molecule has 0 radical (unpaired) electrons. The Balaban J connectivity index is 2.70. The molecule has 3 unspecified atom stereocenters. The summed E-state index contributed by atoms with van der Waals surface area (Å²) < 4.78 is 5.28. The molecule has 128 valence electrons. The predicted octanol–water partition coefficient (Wildman–Crippen LogP) is 4.13. The third-order valence-electron chi connectivity index (χ3n) is 4.06. The number of ether oxygens (including phenoxy) is 1. The summed E-state index contributed by atoms with van der Waals surface area (Å²) >= 11 is 11.8. The lowest BCUT2D eigenvalue weighted by molar-refractivity contribution is -0.119. The maximum atomic E-state index is 12.3. The Morgan fingerprint density at radius 3 is 2.35 bits per heavy atom. The fraction of sp³-hybridized carbons (Fsp3) is 0.529. The molecule has 1 aromatic rings. The summed E-state index contributed by atoms with van der Waals surface area (Å²) in [7, 11) is 1.66. The normalized spacial score (nSPS) is 14.9. The third kappa shape index (κ3) is 6.13. The van der Waals surface area contributed by atoms with E-state index in [-0.39, 0.29) is 17.8 Å². The molecule has 1 aromatic carbocycles. The zero-order valence-electron chi connectivity index (χ0n) is 13.9. The fourth-order valence-corrected chi connectivity index (χ4v) is 2.45. The monoisotopic (exact) mass is 359 g/mol. The van der Waals surface area contributed by atoms with Gasteiger partial charge in [0.2, 0.25) is 0 Å². The molecule has 4 nitrogen and oxygen atoms in total. The molecule has 0 fully saturated rings. The van der Waals surface area contributed by atoms with Crippen LogP contribution in [-0.4, -0.2) is 30.9 Å². The lowest BCUT2D eigenvalue weighted by Gasteiger charge is -2.21. The second-order valence-corrected chi connectivity index (χ2v) is 6.58. The largest absolute Gasteiger partial charge is 0.381 e. The topological polar surface area (TPSA) is 55.4 Å². The highest BCUT2D eigenvalue weighted by Crippen LogP contribution is 2.22. The van der Waals surface area contributed by atoms with Crippen molar-refractivity contribution < 1.29 is 14.3 Å². The minimum absolute atomic E-state index is 0.0734. The summed E-state index contributed by atoms with van der Waals surface area (Å²) in [6.07, 6.45) is 1.45. The van der Waals surface area contributed by atoms with Gasteiger partial charge in [-0.05, 0) is 50.8 Å². The van der Waals surface area contributed by atoms with Gasteiger partial charge in [0.05, 0.1) is 22.2 Å². The average molecular weight is 360 g/mol. The van der Waals surface area contributed by atoms with Crippen LogP contribution < -0.4 is 5.32 Å². The molecule has 1 N–H and O–H groups in total. The van der Waals surface area contributed by atoms with Crippen LogP contribution in [-0.2, 0) is 9.53 Å². The molecular formula is C17H23Cl2NO3. The molecule has 0 aliphatic rings. The van der Waals surface area contributed by atoms with E-state index in [0.29, 0.717) is 27.9 Å². The molecule has 0 heterocycles. The Hall–Kier alpha value is -1.10. The van der Waals surface area contributed by atoms with Crippen molar-refractivity contribution in [2.45, 2.75) is 45.8 Å². The van der Waals surface area contributed by atoms with Gasteiger partial charge in [-0.2, -0.15) is 0 Å². The Kier molecular flexibility index (Phi) is 8.03. The lowest BCUT2D eigenvalue weighted by atomic mass is 9.95. The molecule has 1 amide bonds. The standard InChI is InChI=1S/C17H23Cl2NO3/c1-10(12(3)23-4)5-8-16(11(2)21)20-17(22)13-6-7-14(18)15(19)9-13/h6-7,9-10,12,16H,5,8H2,1-4H3,(H,20,22). The van der Waals surface area contributed by atoms with Crippen molar-refractivity contribution in [3.63, 3.8) is 0 Å². The molecule has 0 aromatic heterocycles. The minimum atomic E-state index is -0.525. The molecule has 0 saturated carbocycles. The summed E-state index contributed by atoms with van der Waals surface area (Å²) in [5, 5.41) is 3.45. The number of amides is 1. The first kappa shape index (κ1) is 19.9. The summed E-state index contributed by atoms with van der Waals surface area (Å²) in [5.74, 6) is -0.115. The number of Topliss-reactive ketones (excluding diaryl/α,β-unsaturated/α-hetero) is 1. The van der Waals surface area contributed by atoms with Gasteiger partial charge in [0.15, 0.2) is 5.78 Å². The van der Waals surface area contributed by atoms with Gasteiger partial charge in [-0.1, -0.05) is 30.1 Å². The van der Waals surface area contributed by atoms with E-state index < -0.39 is 6.04 Å². The number of rotatable bonds is 8. The number of halogens is 2. The number of carbonyl (C=O) groups excluding carboxylic acids is 2. The Bertz CT molecular complexity index is 563. The molecular weight excluding hydrogens is 337 g/mol. The molecule has 3 atom stereocenters. The second kappa shape index (κ2) is 9.26. The molecule has 0 aliphatic heterocycles. The number of carbonyl (C=O) groups is 2. The van der Waals surface area contributed by atoms with Crippen molar-refractivity contribution in [3.05, 3.63) is 33.8 Å². The minimum Gasteiger partial charge on any atom is -0.381 e. The van der Waals surface area contributed by atoms with E-state index in [0.717, 1.165) is 6.42 Å². The quantitative estimate of drug-likeness (QED) is 0.758. The molecule has 0 bridgehead atoms. The number of methoxy groups -OCH3 is 1. The van der Waals surface area contributed by atoms with Crippen LogP contribution in [0.3, 0.4) is 0 Å². The van der Waals surface area contributed by atoms with Gasteiger partial charge >= 0.3 is 0 Å². The van der Waals surface area contributed by atoms with Gasteiger partial charge in [0.1, 0.15) is 0 Å². The van der Waals surface area contributed by atoms with E-state index in [2.05, 4.69) is 12.2 Å². The van der Waals surface area contributed by atoms with Crippen molar-refractivity contribution in [1.82, 2.24) is 5.32 Å². The molecule has 0 saturated heterocycles. The van der Waals surface area contributed by atoms with Crippen LogP contribution in [0.15, 0.2) is 18.2 Å². The van der Waals surface area contributed by atoms with Crippen LogP contribution >= 0.6 is 23.2 Å². The van der Waals surface area contributed by atoms with Crippen molar-refractivity contribution in [3.8, 4) is 0 Å². The Labute approximate surface area is 147 Å². The number of hydrogen-bond donors (Lipinski definition) is 1. The molecule has 1 rings (SSSR count). The Morgan fingerprint density at radius 1 is 1.17 bits per heavy atom. The van der Waals surface area contributed by atoms with Crippen LogP contribution in [0.5, 0.6) is 0 Å². The summed E-state index contributed by atoms with van der Waals surface area (Å²) in [5.41, 5.74) is 0.379.